The molecule has 3 rings (SSSR count). The van der Waals surface area contributed by atoms with Gasteiger partial charge in [0, 0.05) is 13.1 Å². The molecule has 0 radical (unpaired) electrons. The zero-order chi connectivity index (χ0) is 16.9. The third kappa shape index (κ3) is 3.57. The summed E-state index contributed by atoms with van der Waals surface area (Å²) in [5.74, 6) is -0.208. The summed E-state index contributed by atoms with van der Waals surface area (Å²) in [6.45, 7) is 0.579. The molecule has 5 heteroatoms. The van der Waals surface area contributed by atoms with Crippen molar-refractivity contribution in [2.75, 3.05) is 13.2 Å². The molecule has 126 valence electrons. The summed E-state index contributed by atoms with van der Waals surface area (Å²) < 4.78 is 13.8. The van der Waals surface area contributed by atoms with Crippen molar-refractivity contribution in [1.29, 1.82) is 0 Å². The Bertz CT molecular complexity index is 706. The normalized spacial score (nSPS) is 15.8. The summed E-state index contributed by atoms with van der Waals surface area (Å²) in [5.41, 5.74) is 2.55. The summed E-state index contributed by atoms with van der Waals surface area (Å²) in [6.07, 6.45) is 1.33. The van der Waals surface area contributed by atoms with Crippen LogP contribution in [-0.4, -0.2) is 29.2 Å². The number of halogens is 1. The van der Waals surface area contributed by atoms with Gasteiger partial charge >= 0.3 is 6.03 Å². The van der Waals surface area contributed by atoms with E-state index < -0.39 is 0 Å². The lowest BCUT2D eigenvalue weighted by Crippen LogP contribution is -2.42. The molecule has 2 aromatic carbocycles. The van der Waals surface area contributed by atoms with Crippen LogP contribution >= 0.6 is 0 Å². The molecular weight excluding hydrogens is 307 g/mol. The van der Waals surface area contributed by atoms with Gasteiger partial charge in [0.1, 0.15) is 5.82 Å². The summed E-state index contributed by atoms with van der Waals surface area (Å²) in [5, 5.41) is 12.2. The molecule has 0 heterocycles. The molecule has 24 heavy (non-hydrogen) atoms. The van der Waals surface area contributed by atoms with Gasteiger partial charge in [0.05, 0.1) is 12.6 Å². The van der Waals surface area contributed by atoms with Gasteiger partial charge in [-0.1, -0.05) is 42.5 Å². The SMILES string of the molecule is O=C(NC1CCc2c(F)cccc21)N(CCO)Cc1ccccc1. The minimum absolute atomic E-state index is 0.101. The van der Waals surface area contributed by atoms with Crippen molar-refractivity contribution >= 4 is 6.03 Å². The van der Waals surface area contributed by atoms with E-state index in [0.717, 1.165) is 11.1 Å². The van der Waals surface area contributed by atoms with E-state index >= 15 is 0 Å². The van der Waals surface area contributed by atoms with E-state index in [0.29, 0.717) is 24.9 Å². The average Bonchev–Trinajstić information content (AvgIpc) is 3.00. The Morgan fingerprint density at radius 2 is 2.00 bits per heavy atom. The van der Waals surface area contributed by atoms with Gasteiger partial charge in [0.2, 0.25) is 0 Å². The molecule has 0 saturated carbocycles. The van der Waals surface area contributed by atoms with E-state index in [9.17, 15) is 14.3 Å². The number of aliphatic hydroxyl groups excluding tert-OH is 1. The number of nitrogens with zero attached hydrogens (tertiary/aromatic N) is 1. The zero-order valence-electron chi connectivity index (χ0n) is 13.4. The first-order chi connectivity index (χ1) is 11.7. The molecule has 4 nitrogen and oxygen atoms in total. The zero-order valence-corrected chi connectivity index (χ0v) is 13.4. The average molecular weight is 328 g/mol. The topological polar surface area (TPSA) is 52.6 Å². The Hall–Kier alpha value is -2.40. The van der Waals surface area contributed by atoms with Crippen LogP contribution in [0.3, 0.4) is 0 Å². The van der Waals surface area contributed by atoms with Gasteiger partial charge in [-0.2, -0.15) is 0 Å². The molecule has 1 aliphatic carbocycles. The van der Waals surface area contributed by atoms with Crippen LogP contribution in [0.4, 0.5) is 9.18 Å². The third-order valence-corrected chi connectivity index (χ3v) is 4.38. The summed E-state index contributed by atoms with van der Waals surface area (Å²) in [6, 6.07) is 14.2. The highest BCUT2D eigenvalue weighted by Gasteiger charge is 2.27. The van der Waals surface area contributed by atoms with E-state index in [1.165, 1.54) is 6.07 Å². The Kier molecular flexibility index (Phi) is 5.11. The number of rotatable bonds is 5. The first-order valence-corrected chi connectivity index (χ1v) is 8.16. The number of urea groups is 1. The van der Waals surface area contributed by atoms with Crippen LogP contribution in [0.5, 0.6) is 0 Å². The van der Waals surface area contributed by atoms with Crippen LogP contribution in [0.1, 0.15) is 29.2 Å². The molecule has 0 bridgehead atoms. The van der Waals surface area contributed by atoms with E-state index in [-0.39, 0.29) is 31.0 Å². The van der Waals surface area contributed by atoms with Gasteiger partial charge in [-0.25, -0.2) is 9.18 Å². The minimum Gasteiger partial charge on any atom is -0.395 e. The predicted octanol–water partition coefficient (Wildman–Crippen LogP) is 3.02. The fraction of sp³-hybridized carbons (Fsp3) is 0.316. The predicted molar refractivity (Wildman–Crippen MR) is 89.9 cm³/mol. The Labute approximate surface area is 140 Å². The maximum atomic E-state index is 13.8. The van der Waals surface area contributed by atoms with Crippen molar-refractivity contribution in [1.82, 2.24) is 10.2 Å². The molecule has 0 aliphatic heterocycles. The number of carbonyl (C=O) groups excluding carboxylic acids is 1. The standard InChI is InChI=1S/C19H21FN2O2/c20-17-8-4-7-16-15(17)9-10-18(16)21-19(24)22(11-12-23)13-14-5-2-1-3-6-14/h1-8,18,23H,9-13H2,(H,21,24). The fourth-order valence-corrected chi connectivity index (χ4v) is 3.18. The van der Waals surface area contributed by atoms with Crippen LogP contribution in [-0.2, 0) is 13.0 Å². The largest absolute Gasteiger partial charge is 0.395 e. The van der Waals surface area contributed by atoms with Gasteiger partial charge in [-0.3, -0.25) is 0 Å². The number of hydrogen-bond donors (Lipinski definition) is 2. The number of hydrogen-bond acceptors (Lipinski definition) is 2. The van der Waals surface area contributed by atoms with Gasteiger partial charge in [-0.05, 0) is 35.6 Å². The Morgan fingerprint density at radius 3 is 2.75 bits per heavy atom. The van der Waals surface area contributed by atoms with E-state index in [4.69, 9.17) is 0 Å². The molecule has 1 aliphatic rings. The highest BCUT2D eigenvalue weighted by atomic mass is 19.1. The van der Waals surface area contributed by atoms with E-state index in [2.05, 4.69) is 5.32 Å². The lowest BCUT2D eigenvalue weighted by Gasteiger charge is -2.25. The first-order valence-electron chi connectivity index (χ1n) is 8.16. The van der Waals surface area contributed by atoms with Crippen LogP contribution in [0.25, 0.3) is 0 Å². The number of aliphatic hydroxyl groups is 1. The van der Waals surface area contributed by atoms with E-state index in [1.807, 2.05) is 36.4 Å². The first kappa shape index (κ1) is 16.5. The number of amides is 2. The fourth-order valence-electron chi connectivity index (χ4n) is 3.18. The highest BCUT2D eigenvalue weighted by molar-refractivity contribution is 5.75. The number of fused-ring (bicyclic) bond motifs is 1. The van der Waals surface area contributed by atoms with Gasteiger partial charge in [0.25, 0.3) is 0 Å². The molecule has 1 atom stereocenters. The van der Waals surface area contributed by atoms with E-state index in [1.54, 1.807) is 11.0 Å². The maximum Gasteiger partial charge on any atom is 0.318 e. The van der Waals surface area contributed by atoms with Crippen molar-refractivity contribution in [3.8, 4) is 0 Å². The van der Waals surface area contributed by atoms with Crippen LogP contribution < -0.4 is 5.32 Å². The molecular formula is C19H21FN2O2. The lowest BCUT2D eigenvalue weighted by atomic mass is 10.1. The Morgan fingerprint density at radius 1 is 1.21 bits per heavy atom. The number of carbonyl (C=O) groups is 1. The monoisotopic (exact) mass is 328 g/mol. The summed E-state index contributed by atoms with van der Waals surface area (Å²) in [4.78, 5) is 14.2. The maximum absolute atomic E-state index is 13.8. The summed E-state index contributed by atoms with van der Waals surface area (Å²) in [7, 11) is 0. The second-order valence-corrected chi connectivity index (χ2v) is 5.98. The van der Waals surface area contributed by atoms with Crippen molar-refractivity contribution in [3.63, 3.8) is 0 Å². The van der Waals surface area contributed by atoms with Gasteiger partial charge in [0.15, 0.2) is 0 Å². The smallest absolute Gasteiger partial charge is 0.318 e. The van der Waals surface area contributed by atoms with Crippen molar-refractivity contribution in [3.05, 3.63) is 71.0 Å². The van der Waals surface area contributed by atoms with Crippen molar-refractivity contribution in [2.24, 2.45) is 0 Å². The molecule has 0 saturated heterocycles. The second kappa shape index (κ2) is 7.45. The minimum atomic E-state index is -0.241. The quantitative estimate of drug-likeness (QED) is 0.886. The molecule has 0 spiro atoms. The second-order valence-electron chi connectivity index (χ2n) is 5.98. The number of nitrogens with one attached hydrogen (secondary N) is 1. The molecule has 2 aromatic rings. The van der Waals surface area contributed by atoms with Gasteiger partial charge in [-0.15, -0.1) is 0 Å². The van der Waals surface area contributed by atoms with Gasteiger partial charge < -0.3 is 15.3 Å². The van der Waals surface area contributed by atoms with Crippen molar-refractivity contribution < 1.29 is 14.3 Å². The van der Waals surface area contributed by atoms with Crippen LogP contribution in [0.15, 0.2) is 48.5 Å². The Balaban J connectivity index is 1.70. The molecule has 2 amide bonds. The van der Waals surface area contributed by atoms with Crippen LogP contribution in [0.2, 0.25) is 0 Å². The molecule has 0 aromatic heterocycles. The van der Waals surface area contributed by atoms with Crippen molar-refractivity contribution in [2.45, 2.75) is 25.4 Å². The third-order valence-electron chi connectivity index (χ3n) is 4.38. The molecule has 0 fully saturated rings. The molecule has 2 N–H and O–H groups in total. The number of benzene rings is 2. The highest BCUT2D eigenvalue weighted by Crippen LogP contribution is 2.32. The molecule has 1 unspecified atom stereocenters. The summed E-state index contributed by atoms with van der Waals surface area (Å²) >= 11 is 0. The van der Waals surface area contributed by atoms with Crippen LogP contribution in [0, 0.1) is 5.82 Å². The lowest BCUT2D eigenvalue weighted by molar-refractivity contribution is 0.171.